The summed E-state index contributed by atoms with van der Waals surface area (Å²) in [4.78, 5) is 0. The molecule has 0 aliphatic carbocycles. The Labute approximate surface area is 65.7 Å². The summed E-state index contributed by atoms with van der Waals surface area (Å²) in [6.07, 6.45) is -1.94. The van der Waals surface area contributed by atoms with E-state index in [1.165, 1.54) is 7.11 Å². The minimum atomic E-state index is -0.920. The van der Waals surface area contributed by atoms with Gasteiger partial charge in [0.1, 0.15) is 6.10 Å². The SMILES string of the molecule is CO[C@H]1O[C@H](C)C[C@H](O)[C@H]1O. The maximum Gasteiger partial charge on any atom is 0.185 e. The van der Waals surface area contributed by atoms with Gasteiger partial charge in [0.05, 0.1) is 12.2 Å². The normalized spacial score (nSPS) is 45.8. The summed E-state index contributed by atoms with van der Waals surface area (Å²) < 4.78 is 10.00. The molecule has 4 atom stereocenters. The molecule has 1 rings (SSSR count). The van der Waals surface area contributed by atoms with Crippen LogP contribution in [0.4, 0.5) is 0 Å². The van der Waals surface area contributed by atoms with Gasteiger partial charge in [0, 0.05) is 13.5 Å². The summed E-state index contributed by atoms with van der Waals surface area (Å²) in [6, 6.07) is 0. The van der Waals surface area contributed by atoms with E-state index in [4.69, 9.17) is 9.47 Å². The van der Waals surface area contributed by atoms with Crippen molar-refractivity contribution in [2.75, 3.05) is 7.11 Å². The molecule has 0 bridgehead atoms. The smallest absolute Gasteiger partial charge is 0.185 e. The molecule has 66 valence electrons. The van der Waals surface area contributed by atoms with E-state index in [9.17, 15) is 10.2 Å². The molecule has 0 aromatic rings. The van der Waals surface area contributed by atoms with Crippen LogP contribution in [0.2, 0.25) is 0 Å². The molecule has 0 spiro atoms. The Morgan fingerprint density at radius 3 is 2.64 bits per heavy atom. The van der Waals surface area contributed by atoms with Gasteiger partial charge in [-0.05, 0) is 6.92 Å². The molecule has 2 N–H and O–H groups in total. The van der Waals surface area contributed by atoms with E-state index < -0.39 is 18.5 Å². The number of hydrogen-bond acceptors (Lipinski definition) is 4. The van der Waals surface area contributed by atoms with Gasteiger partial charge >= 0.3 is 0 Å². The Hall–Kier alpha value is -0.160. The molecule has 11 heavy (non-hydrogen) atoms. The number of aliphatic hydroxyl groups excluding tert-OH is 2. The predicted octanol–water partition coefficient (Wildman–Crippen LogP) is -0.510. The highest BCUT2D eigenvalue weighted by atomic mass is 16.7. The summed E-state index contributed by atoms with van der Waals surface area (Å²) in [5.41, 5.74) is 0. The van der Waals surface area contributed by atoms with Crippen molar-refractivity contribution in [2.45, 2.75) is 37.9 Å². The van der Waals surface area contributed by atoms with Gasteiger partial charge in [-0.3, -0.25) is 0 Å². The summed E-state index contributed by atoms with van der Waals surface area (Å²) in [5.74, 6) is 0. The molecule has 0 radical (unpaired) electrons. The van der Waals surface area contributed by atoms with E-state index in [2.05, 4.69) is 0 Å². The van der Waals surface area contributed by atoms with Crippen LogP contribution < -0.4 is 0 Å². The van der Waals surface area contributed by atoms with Gasteiger partial charge < -0.3 is 19.7 Å². The van der Waals surface area contributed by atoms with E-state index in [-0.39, 0.29) is 6.10 Å². The minimum Gasteiger partial charge on any atom is -0.390 e. The standard InChI is InChI=1S/C7H14O4/c1-4-3-5(8)6(9)7(10-2)11-4/h4-9H,3H2,1-2H3/t4-,5+,6-,7+/m1/s1. The number of ether oxygens (including phenoxy) is 2. The monoisotopic (exact) mass is 162 g/mol. The van der Waals surface area contributed by atoms with Crippen LogP contribution in [0, 0.1) is 0 Å². The third-order valence-corrected chi connectivity index (χ3v) is 1.85. The Morgan fingerprint density at radius 2 is 2.09 bits per heavy atom. The summed E-state index contributed by atoms with van der Waals surface area (Å²) >= 11 is 0. The summed E-state index contributed by atoms with van der Waals surface area (Å²) in [7, 11) is 1.44. The fraction of sp³-hybridized carbons (Fsp3) is 1.00. The number of aliphatic hydroxyl groups is 2. The number of rotatable bonds is 1. The molecule has 4 heteroatoms. The van der Waals surface area contributed by atoms with Crippen LogP contribution in [-0.4, -0.2) is 41.9 Å². The van der Waals surface area contributed by atoms with Crippen molar-refractivity contribution in [3.8, 4) is 0 Å². The molecular weight excluding hydrogens is 148 g/mol. The second kappa shape index (κ2) is 3.49. The molecule has 4 nitrogen and oxygen atoms in total. The maximum atomic E-state index is 9.26. The first-order valence-electron chi connectivity index (χ1n) is 3.69. The Kier molecular flexibility index (Phi) is 2.84. The first kappa shape index (κ1) is 8.93. The van der Waals surface area contributed by atoms with Gasteiger partial charge in [-0.15, -0.1) is 0 Å². The van der Waals surface area contributed by atoms with E-state index in [0.29, 0.717) is 6.42 Å². The predicted molar refractivity (Wildman–Crippen MR) is 38.0 cm³/mol. The molecule has 1 heterocycles. The van der Waals surface area contributed by atoms with Gasteiger partial charge in [0.25, 0.3) is 0 Å². The first-order valence-corrected chi connectivity index (χ1v) is 3.69. The molecule has 0 amide bonds. The van der Waals surface area contributed by atoms with Crippen LogP contribution >= 0.6 is 0 Å². The average Bonchev–Trinajstić information content (AvgIpc) is 1.96. The molecule has 0 aromatic heterocycles. The maximum absolute atomic E-state index is 9.26. The van der Waals surface area contributed by atoms with Crippen molar-refractivity contribution in [3.63, 3.8) is 0 Å². The lowest BCUT2D eigenvalue weighted by molar-refractivity contribution is -0.254. The van der Waals surface area contributed by atoms with Gasteiger partial charge in [-0.1, -0.05) is 0 Å². The quantitative estimate of drug-likeness (QED) is 0.545. The van der Waals surface area contributed by atoms with Crippen LogP contribution in [-0.2, 0) is 9.47 Å². The highest BCUT2D eigenvalue weighted by Crippen LogP contribution is 2.19. The lowest BCUT2D eigenvalue weighted by Gasteiger charge is -2.34. The molecule has 1 aliphatic rings. The zero-order valence-electron chi connectivity index (χ0n) is 6.73. The molecule has 0 saturated carbocycles. The summed E-state index contributed by atoms with van der Waals surface area (Å²) in [5, 5.41) is 18.5. The van der Waals surface area contributed by atoms with Crippen LogP contribution in [0.3, 0.4) is 0 Å². The van der Waals surface area contributed by atoms with E-state index >= 15 is 0 Å². The zero-order chi connectivity index (χ0) is 8.43. The molecule has 1 saturated heterocycles. The second-order valence-corrected chi connectivity index (χ2v) is 2.84. The van der Waals surface area contributed by atoms with Gasteiger partial charge in [0.15, 0.2) is 6.29 Å². The van der Waals surface area contributed by atoms with Crippen molar-refractivity contribution in [1.82, 2.24) is 0 Å². The molecule has 1 fully saturated rings. The Bertz CT molecular complexity index is 128. The van der Waals surface area contributed by atoms with Gasteiger partial charge in [-0.25, -0.2) is 0 Å². The Morgan fingerprint density at radius 1 is 1.45 bits per heavy atom. The van der Waals surface area contributed by atoms with Crippen molar-refractivity contribution in [2.24, 2.45) is 0 Å². The molecular formula is C7H14O4. The lowest BCUT2D eigenvalue weighted by atomic mass is 10.0. The van der Waals surface area contributed by atoms with E-state index in [1.807, 2.05) is 6.92 Å². The van der Waals surface area contributed by atoms with Crippen molar-refractivity contribution in [1.29, 1.82) is 0 Å². The summed E-state index contributed by atoms with van der Waals surface area (Å²) in [6.45, 7) is 1.83. The number of methoxy groups -OCH3 is 1. The van der Waals surface area contributed by atoms with Crippen LogP contribution in [0.1, 0.15) is 13.3 Å². The van der Waals surface area contributed by atoms with E-state index in [0.717, 1.165) is 0 Å². The fourth-order valence-electron chi connectivity index (χ4n) is 1.22. The molecule has 0 aromatic carbocycles. The highest BCUT2D eigenvalue weighted by Gasteiger charge is 2.34. The van der Waals surface area contributed by atoms with Crippen LogP contribution in [0.25, 0.3) is 0 Å². The van der Waals surface area contributed by atoms with Crippen molar-refractivity contribution >= 4 is 0 Å². The van der Waals surface area contributed by atoms with Crippen molar-refractivity contribution < 1.29 is 19.7 Å². The highest BCUT2D eigenvalue weighted by molar-refractivity contribution is 4.78. The van der Waals surface area contributed by atoms with Crippen LogP contribution in [0.5, 0.6) is 0 Å². The minimum absolute atomic E-state index is 0.0571. The fourth-order valence-corrected chi connectivity index (χ4v) is 1.22. The van der Waals surface area contributed by atoms with Crippen molar-refractivity contribution in [3.05, 3.63) is 0 Å². The lowest BCUT2D eigenvalue weighted by Crippen LogP contribution is -2.48. The molecule has 1 aliphatic heterocycles. The zero-order valence-corrected chi connectivity index (χ0v) is 6.73. The van der Waals surface area contributed by atoms with E-state index in [1.54, 1.807) is 0 Å². The molecule has 0 unspecified atom stereocenters. The van der Waals surface area contributed by atoms with Crippen LogP contribution in [0.15, 0.2) is 0 Å². The largest absolute Gasteiger partial charge is 0.390 e. The van der Waals surface area contributed by atoms with Gasteiger partial charge in [0.2, 0.25) is 0 Å². The topological polar surface area (TPSA) is 58.9 Å². The Balaban J connectivity index is 2.51. The van der Waals surface area contributed by atoms with Gasteiger partial charge in [-0.2, -0.15) is 0 Å². The number of hydrogen-bond donors (Lipinski definition) is 2. The third-order valence-electron chi connectivity index (χ3n) is 1.85. The first-order chi connectivity index (χ1) is 5.15. The second-order valence-electron chi connectivity index (χ2n) is 2.84. The third kappa shape index (κ3) is 1.90. The average molecular weight is 162 g/mol.